The summed E-state index contributed by atoms with van der Waals surface area (Å²) in [6, 6.07) is 7.90. The molecule has 0 spiro atoms. The number of ether oxygens (including phenoxy) is 1. The van der Waals surface area contributed by atoms with Gasteiger partial charge in [0.25, 0.3) is 0 Å². The number of hydrogen-bond acceptors (Lipinski definition) is 3. The Morgan fingerprint density at radius 1 is 1.16 bits per heavy atom. The lowest BCUT2D eigenvalue weighted by Crippen LogP contribution is -2.23. The van der Waals surface area contributed by atoms with Crippen molar-refractivity contribution in [3.63, 3.8) is 0 Å². The Labute approximate surface area is 125 Å². The number of benzene rings is 1. The maximum Gasteiger partial charge on any atom is 0.340 e. The Hall–Kier alpha value is -1.13. The third-order valence-corrected chi connectivity index (χ3v) is 3.71. The first kappa shape index (κ1) is 14.3. The average molecular weight is 339 g/mol. The lowest BCUT2D eigenvalue weighted by molar-refractivity contribution is 0.00711. The van der Waals surface area contributed by atoms with E-state index in [1.807, 2.05) is 55.8 Å². The Morgan fingerprint density at radius 2 is 1.79 bits per heavy atom. The summed E-state index contributed by atoms with van der Waals surface area (Å²) in [6.07, 6.45) is 0. The van der Waals surface area contributed by atoms with Crippen molar-refractivity contribution in [2.24, 2.45) is 0 Å². The van der Waals surface area contributed by atoms with E-state index in [1.165, 1.54) is 11.3 Å². The van der Waals surface area contributed by atoms with Gasteiger partial charge in [-0.15, -0.1) is 0 Å². The van der Waals surface area contributed by atoms with Crippen LogP contribution in [0.15, 0.2) is 39.5 Å². The molecule has 0 amide bonds. The van der Waals surface area contributed by atoms with Gasteiger partial charge >= 0.3 is 5.97 Å². The molecule has 0 fully saturated rings. The second kappa shape index (κ2) is 5.47. The van der Waals surface area contributed by atoms with Gasteiger partial charge in [0, 0.05) is 15.4 Å². The van der Waals surface area contributed by atoms with E-state index >= 15 is 0 Å². The number of hydrogen-bond donors (Lipinski definition) is 0. The van der Waals surface area contributed by atoms with Crippen LogP contribution in [0, 0.1) is 0 Å². The predicted molar refractivity (Wildman–Crippen MR) is 82.6 cm³/mol. The summed E-state index contributed by atoms with van der Waals surface area (Å²) in [5, 5.41) is 3.81. The van der Waals surface area contributed by atoms with Gasteiger partial charge in [0.15, 0.2) is 0 Å². The summed E-state index contributed by atoms with van der Waals surface area (Å²) in [4.78, 5) is 12.2. The summed E-state index contributed by atoms with van der Waals surface area (Å²) in [5.41, 5.74) is 2.09. The predicted octanol–water partition coefficient (Wildman–Crippen LogP) is 5.13. The zero-order valence-electron chi connectivity index (χ0n) is 11.1. The first-order chi connectivity index (χ1) is 8.87. The Morgan fingerprint density at radius 3 is 2.37 bits per heavy atom. The fraction of sp³-hybridized carbons (Fsp3) is 0.267. The van der Waals surface area contributed by atoms with Gasteiger partial charge in [0.1, 0.15) is 5.60 Å². The molecular weight excluding hydrogens is 324 g/mol. The van der Waals surface area contributed by atoms with Crippen molar-refractivity contribution in [1.29, 1.82) is 0 Å². The van der Waals surface area contributed by atoms with Crippen LogP contribution in [0.1, 0.15) is 31.1 Å². The van der Waals surface area contributed by atoms with E-state index in [0.29, 0.717) is 5.56 Å². The zero-order valence-corrected chi connectivity index (χ0v) is 13.5. The number of thiophene rings is 1. The van der Waals surface area contributed by atoms with E-state index in [4.69, 9.17) is 4.74 Å². The van der Waals surface area contributed by atoms with Gasteiger partial charge in [-0.2, -0.15) is 11.3 Å². The SMILES string of the molecule is CC(C)(C)OC(=O)c1cscc1-c1ccc(Br)cc1. The third kappa shape index (κ3) is 3.67. The Kier molecular flexibility index (Phi) is 4.11. The molecule has 1 aromatic heterocycles. The van der Waals surface area contributed by atoms with E-state index in [2.05, 4.69) is 15.9 Å². The summed E-state index contributed by atoms with van der Waals surface area (Å²) < 4.78 is 6.45. The molecular formula is C15H15BrO2S. The van der Waals surface area contributed by atoms with E-state index < -0.39 is 5.60 Å². The molecule has 0 N–H and O–H groups in total. The fourth-order valence-electron chi connectivity index (χ4n) is 1.64. The van der Waals surface area contributed by atoms with E-state index in [9.17, 15) is 4.79 Å². The van der Waals surface area contributed by atoms with Crippen LogP contribution in [-0.2, 0) is 4.74 Å². The van der Waals surface area contributed by atoms with Crippen LogP contribution in [0.5, 0.6) is 0 Å². The van der Waals surface area contributed by atoms with Crippen molar-refractivity contribution >= 4 is 33.2 Å². The summed E-state index contributed by atoms with van der Waals surface area (Å²) in [6.45, 7) is 5.61. The topological polar surface area (TPSA) is 26.3 Å². The highest BCUT2D eigenvalue weighted by molar-refractivity contribution is 9.10. The summed E-state index contributed by atoms with van der Waals surface area (Å²) in [7, 11) is 0. The quantitative estimate of drug-likeness (QED) is 0.709. The molecule has 1 heterocycles. The molecule has 1 aromatic carbocycles. The smallest absolute Gasteiger partial charge is 0.340 e. The molecule has 19 heavy (non-hydrogen) atoms. The first-order valence-corrected chi connectivity index (χ1v) is 7.66. The van der Waals surface area contributed by atoms with Gasteiger partial charge < -0.3 is 4.74 Å². The van der Waals surface area contributed by atoms with Crippen molar-refractivity contribution in [2.45, 2.75) is 26.4 Å². The van der Waals surface area contributed by atoms with Crippen LogP contribution in [0.25, 0.3) is 11.1 Å². The normalized spacial score (nSPS) is 11.4. The molecule has 0 aliphatic carbocycles. The lowest BCUT2D eigenvalue weighted by atomic mass is 10.0. The molecule has 0 saturated carbocycles. The second-order valence-corrected chi connectivity index (χ2v) is 6.87. The van der Waals surface area contributed by atoms with E-state index in [-0.39, 0.29) is 5.97 Å². The van der Waals surface area contributed by atoms with Gasteiger partial charge in [-0.25, -0.2) is 4.79 Å². The largest absolute Gasteiger partial charge is 0.456 e. The van der Waals surface area contributed by atoms with Crippen molar-refractivity contribution in [2.75, 3.05) is 0 Å². The van der Waals surface area contributed by atoms with Gasteiger partial charge in [0.2, 0.25) is 0 Å². The minimum atomic E-state index is -0.476. The number of rotatable bonds is 2. The molecule has 4 heteroatoms. The molecule has 0 atom stereocenters. The van der Waals surface area contributed by atoms with Crippen LogP contribution in [0.3, 0.4) is 0 Å². The molecule has 0 bridgehead atoms. The number of carbonyl (C=O) groups is 1. The zero-order chi connectivity index (χ0) is 14.0. The maximum absolute atomic E-state index is 12.2. The second-order valence-electron chi connectivity index (χ2n) is 5.21. The molecule has 0 saturated heterocycles. The van der Waals surface area contributed by atoms with Gasteiger partial charge in [-0.05, 0) is 43.8 Å². The minimum absolute atomic E-state index is 0.272. The highest BCUT2D eigenvalue weighted by Gasteiger charge is 2.21. The fourth-order valence-corrected chi connectivity index (χ4v) is 2.73. The molecule has 2 aromatic rings. The number of carbonyl (C=O) groups excluding carboxylic acids is 1. The van der Waals surface area contributed by atoms with Crippen molar-refractivity contribution in [3.8, 4) is 11.1 Å². The molecule has 0 unspecified atom stereocenters. The van der Waals surface area contributed by atoms with Crippen LogP contribution in [0.2, 0.25) is 0 Å². The monoisotopic (exact) mass is 338 g/mol. The van der Waals surface area contributed by atoms with Gasteiger partial charge in [-0.1, -0.05) is 28.1 Å². The van der Waals surface area contributed by atoms with Crippen molar-refractivity contribution in [1.82, 2.24) is 0 Å². The first-order valence-electron chi connectivity index (χ1n) is 5.92. The highest BCUT2D eigenvalue weighted by Crippen LogP contribution is 2.30. The van der Waals surface area contributed by atoms with Gasteiger partial charge in [0.05, 0.1) is 5.56 Å². The number of esters is 1. The average Bonchev–Trinajstić information content (AvgIpc) is 2.76. The molecule has 2 rings (SSSR count). The third-order valence-electron chi connectivity index (χ3n) is 2.44. The molecule has 0 radical (unpaired) electrons. The van der Waals surface area contributed by atoms with Crippen LogP contribution in [-0.4, -0.2) is 11.6 Å². The van der Waals surface area contributed by atoms with Crippen LogP contribution >= 0.6 is 27.3 Å². The maximum atomic E-state index is 12.2. The highest BCUT2D eigenvalue weighted by atomic mass is 79.9. The Balaban J connectivity index is 2.32. The molecule has 2 nitrogen and oxygen atoms in total. The minimum Gasteiger partial charge on any atom is -0.456 e. The molecule has 100 valence electrons. The number of halogens is 1. The van der Waals surface area contributed by atoms with Gasteiger partial charge in [-0.3, -0.25) is 0 Å². The van der Waals surface area contributed by atoms with Crippen LogP contribution < -0.4 is 0 Å². The summed E-state index contributed by atoms with van der Waals surface area (Å²) >= 11 is 4.91. The standard InChI is InChI=1S/C15H15BrO2S/c1-15(2,3)18-14(17)13-9-19-8-12(13)10-4-6-11(16)7-5-10/h4-9H,1-3H3. The van der Waals surface area contributed by atoms with E-state index in [0.717, 1.165) is 15.6 Å². The van der Waals surface area contributed by atoms with Crippen molar-refractivity contribution < 1.29 is 9.53 Å². The van der Waals surface area contributed by atoms with Crippen molar-refractivity contribution in [3.05, 3.63) is 45.1 Å². The van der Waals surface area contributed by atoms with E-state index in [1.54, 1.807) is 0 Å². The lowest BCUT2D eigenvalue weighted by Gasteiger charge is -2.19. The summed E-state index contributed by atoms with van der Waals surface area (Å²) in [5.74, 6) is -0.272. The Bertz CT molecular complexity index is 579. The molecule has 0 aliphatic heterocycles. The van der Waals surface area contributed by atoms with Crippen LogP contribution in [0.4, 0.5) is 0 Å². The molecule has 0 aliphatic rings.